The predicted molar refractivity (Wildman–Crippen MR) is 73.1 cm³/mol. The standard InChI is InChI=1S/C14H20N2O3/c1-18-9-14(13(15)17,10-3-4-10)16-11-5-7-12(19-2)8-6-11/h5-8,10,16H,3-4,9H2,1-2H3,(H2,15,17). The Morgan fingerprint density at radius 3 is 2.42 bits per heavy atom. The predicted octanol–water partition coefficient (Wildman–Crippen LogP) is 1.39. The summed E-state index contributed by atoms with van der Waals surface area (Å²) in [5.74, 6) is 0.646. The lowest BCUT2D eigenvalue weighted by molar-refractivity contribution is -0.124. The second-order valence-corrected chi connectivity index (χ2v) is 4.90. The molecule has 0 bridgehead atoms. The Labute approximate surface area is 113 Å². The highest BCUT2D eigenvalue weighted by atomic mass is 16.5. The van der Waals surface area contributed by atoms with Crippen molar-refractivity contribution >= 4 is 11.6 Å². The van der Waals surface area contributed by atoms with E-state index in [-0.39, 0.29) is 18.4 Å². The molecular weight excluding hydrogens is 244 g/mol. The van der Waals surface area contributed by atoms with E-state index >= 15 is 0 Å². The molecule has 1 aliphatic rings. The van der Waals surface area contributed by atoms with Gasteiger partial charge in [-0.3, -0.25) is 4.79 Å². The lowest BCUT2D eigenvalue weighted by Gasteiger charge is -2.32. The first-order valence-electron chi connectivity index (χ1n) is 6.33. The minimum Gasteiger partial charge on any atom is -0.497 e. The van der Waals surface area contributed by atoms with E-state index in [4.69, 9.17) is 15.2 Å². The van der Waals surface area contributed by atoms with Crippen LogP contribution in [0, 0.1) is 5.92 Å². The SMILES string of the molecule is COCC(Nc1ccc(OC)cc1)(C(N)=O)C1CC1. The Kier molecular flexibility index (Phi) is 3.95. The van der Waals surface area contributed by atoms with E-state index in [1.54, 1.807) is 14.2 Å². The van der Waals surface area contributed by atoms with Crippen LogP contribution in [0.3, 0.4) is 0 Å². The molecule has 1 aromatic rings. The fourth-order valence-corrected chi connectivity index (χ4v) is 2.33. The highest BCUT2D eigenvalue weighted by Gasteiger charge is 2.50. The fraction of sp³-hybridized carbons (Fsp3) is 0.500. The number of anilines is 1. The van der Waals surface area contributed by atoms with Gasteiger partial charge in [-0.05, 0) is 43.0 Å². The van der Waals surface area contributed by atoms with Gasteiger partial charge in [0.05, 0.1) is 13.7 Å². The third kappa shape index (κ3) is 2.81. The number of rotatable bonds is 7. The van der Waals surface area contributed by atoms with Crippen molar-refractivity contribution in [3.8, 4) is 5.75 Å². The molecule has 1 amide bonds. The van der Waals surface area contributed by atoms with E-state index in [9.17, 15) is 4.79 Å². The monoisotopic (exact) mass is 264 g/mol. The zero-order valence-electron chi connectivity index (χ0n) is 11.3. The lowest BCUT2D eigenvalue weighted by Crippen LogP contribution is -2.55. The smallest absolute Gasteiger partial charge is 0.245 e. The first kappa shape index (κ1) is 13.7. The molecule has 2 rings (SSSR count). The molecule has 1 unspecified atom stereocenters. The Morgan fingerprint density at radius 2 is 2.00 bits per heavy atom. The van der Waals surface area contributed by atoms with Gasteiger partial charge < -0.3 is 20.5 Å². The van der Waals surface area contributed by atoms with Crippen LogP contribution < -0.4 is 15.8 Å². The zero-order valence-corrected chi connectivity index (χ0v) is 11.3. The number of nitrogens with two attached hydrogens (primary N) is 1. The molecule has 104 valence electrons. The Hall–Kier alpha value is -1.75. The molecule has 0 saturated heterocycles. The summed E-state index contributed by atoms with van der Waals surface area (Å²) in [6.45, 7) is 0.277. The summed E-state index contributed by atoms with van der Waals surface area (Å²) in [5.41, 5.74) is 5.62. The largest absolute Gasteiger partial charge is 0.497 e. The van der Waals surface area contributed by atoms with E-state index in [0.29, 0.717) is 0 Å². The Balaban J connectivity index is 2.21. The maximum atomic E-state index is 11.9. The Morgan fingerprint density at radius 1 is 1.37 bits per heavy atom. The average molecular weight is 264 g/mol. The van der Waals surface area contributed by atoms with Crippen LogP contribution >= 0.6 is 0 Å². The number of benzene rings is 1. The number of amides is 1. The van der Waals surface area contributed by atoms with Crippen molar-refractivity contribution in [1.82, 2.24) is 0 Å². The number of ether oxygens (including phenoxy) is 2. The summed E-state index contributed by atoms with van der Waals surface area (Å²) >= 11 is 0. The molecule has 0 spiro atoms. The molecule has 3 N–H and O–H groups in total. The maximum Gasteiger partial charge on any atom is 0.245 e. The van der Waals surface area contributed by atoms with Gasteiger partial charge in [-0.2, -0.15) is 0 Å². The number of methoxy groups -OCH3 is 2. The van der Waals surface area contributed by atoms with E-state index in [0.717, 1.165) is 24.3 Å². The van der Waals surface area contributed by atoms with Crippen LogP contribution in [0.25, 0.3) is 0 Å². The van der Waals surface area contributed by atoms with Crippen LogP contribution in [-0.4, -0.2) is 32.3 Å². The second kappa shape index (κ2) is 5.48. The molecule has 1 aliphatic carbocycles. The van der Waals surface area contributed by atoms with E-state index < -0.39 is 5.54 Å². The number of hydrogen-bond donors (Lipinski definition) is 2. The normalized spacial score (nSPS) is 17.6. The van der Waals surface area contributed by atoms with Gasteiger partial charge in [0.15, 0.2) is 0 Å². The second-order valence-electron chi connectivity index (χ2n) is 4.90. The van der Waals surface area contributed by atoms with Crippen molar-refractivity contribution < 1.29 is 14.3 Å². The van der Waals surface area contributed by atoms with Crippen molar-refractivity contribution in [2.75, 3.05) is 26.1 Å². The minimum atomic E-state index is -0.816. The van der Waals surface area contributed by atoms with Gasteiger partial charge in [0, 0.05) is 12.8 Å². The van der Waals surface area contributed by atoms with Crippen LogP contribution in [0.2, 0.25) is 0 Å². The molecule has 19 heavy (non-hydrogen) atoms. The summed E-state index contributed by atoms with van der Waals surface area (Å²) in [6.07, 6.45) is 1.99. The van der Waals surface area contributed by atoms with Gasteiger partial charge in [-0.25, -0.2) is 0 Å². The number of carbonyl (C=O) groups is 1. The molecule has 5 heteroatoms. The highest BCUT2D eigenvalue weighted by molar-refractivity contribution is 5.89. The molecule has 5 nitrogen and oxygen atoms in total. The summed E-state index contributed by atoms with van der Waals surface area (Å²) in [5, 5.41) is 3.25. The molecular formula is C14H20N2O3. The third-order valence-corrected chi connectivity index (χ3v) is 3.54. The van der Waals surface area contributed by atoms with E-state index in [2.05, 4.69) is 5.32 Å². The summed E-state index contributed by atoms with van der Waals surface area (Å²) in [7, 11) is 3.20. The van der Waals surface area contributed by atoms with Gasteiger partial charge in [-0.1, -0.05) is 0 Å². The molecule has 0 radical (unpaired) electrons. The van der Waals surface area contributed by atoms with E-state index in [1.807, 2.05) is 24.3 Å². The van der Waals surface area contributed by atoms with E-state index in [1.165, 1.54) is 0 Å². The molecule has 1 atom stereocenters. The number of primary amides is 1. The molecule has 1 saturated carbocycles. The first-order chi connectivity index (χ1) is 9.12. The fourth-order valence-electron chi connectivity index (χ4n) is 2.33. The molecule has 1 fully saturated rings. The molecule has 0 aliphatic heterocycles. The summed E-state index contributed by atoms with van der Waals surface area (Å²) < 4.78 is 10.3. The van der Waals surface area contributed by atoms with Gasteiger partial charge >= 0.3 is 0 Å². The zero-order chi connectivity index (χ0) is 13.9. The van der Waals surface area contributed by atoms with Crippen molar-refractivity contribution in [3.63, 3.8) is 0 Å². The van der Waals surface area contributed by atoms with Gasteiger partial charge in [-0.15, -0.1) is 0 Å². The molecule has 1 aromatic carbocycles. The van der Waals surface area contributed by atoms with Crippen molar-refractivity contribution in [2.24, 2.45) is 11.7 Å². The Bertz CT molecular complexity index is 443. The van der Waals surface area contributed by atoms with Gasteiger partial charge in [0.25, 0.3) is 0 Å². The van der Waals surface area contributed by atoms with Gasteiger partial charge in [0.1, 0.15) is 11.3 Å². The summed E-state index contributed by atoms with van der Waals surface area (Å²) in [6, 6.07) is 7.42. The number of nitrogens with one attached hydrogen (secondary N) is 1. The van der Waals surface area contributed by atoms with Crippen LogP contribution in [-0.2, 0) is 9.53 Å². The van der Waals surface area contributed by atoms with Crippen LogP contribution in [0.5, 0.6) is 5.75 Å². The van der Waals surface area contributed by atoms with Crippen molar-refractivity contribution in [2.45, 2.75) is 18.4 Å². The topological polar surface area (TPSA) is 73.6 Å². The number of hydrogen-bond acceptors (Lipinski definition) is 4. The average Bonchev–Trinajstić information content (AvgIpc) is 3.23. The number of carbonyl (C=O) groups excluding carboxylic acids is 1. The van der Waals surface area contributed by atoms with Gasteiger partial charge in [0.2, 0.25) is 5.91 Å². The minimum absolute atomic E-state index is 0.243. The third-order valence-electron chi connectivity index (χ3n) is 3.54. The highest BCUT2D eigenvalue weighted by Crippen LogP contribution is 2.42. The molecule has 0 heterocycles. The van der Waals surface area contributed by atoms with Crippen LogP contribution in [0.4, 0.5) is 5.69 Å². The van der Waals surface area contributed by atoms with Crippen LogP contribution in [0.15, 0.2) is 24.3 Å². The maximum absolute atomic E-state index is 11.9. The van der Waals surface area contributed by atoms with Crippen LogP contribution in [0.1, 0.15) is 12.8 Å². The van der Waals surface area contributed by atoms with Crippen molar-refractivity contribution in [3.05, 3.63) is 24.3 Å². The first-order valence-corrected chi connectivity index (χ1v) is 6.33. The molecule has 0 aromatic heterocycles. The lowest BCUT2D eigenvalue weighted by atomic mass is 9.92. The summed E-state index contributed by atoms with van der Waals surface area (Å²) in [4.78, 5) is 11.9. The quantitative estimate of drug-likeness (QED) is 0.780. The van der Waals surface area contributed by atoms with Crippen molar-refractivity contribution in [1.29, 1.82) is 0 Å².